The summed E-state index contributed by atoms with van der Waals surface area (Å²) < 4.78 is 10.6. The summed E-state index contributed by atoms with van der Waals surface area (Å²) in [6.45, 7) is 2.98. The summed E-state index contributed by atoms with van der Waals surface area (Å²) in [5, 5.41) is 2.84. The Kier molecular flexibility index (Phi) is 5.98. The van der Waals surface area contributed by atoms with E-state index >= 15 is 0 Å². The number of ether oxygens (including phenoxy) is 2. The Hall–Kier alpha value is -2.33. The minimum Gasteiger partial charge on any atom is -0.497 e. The highest BCUT2D eigenvalue weighted by Gasteiger charge is 2.03. The lowest BCUT2D eigenvalue weighted by molar-refractivity contribution is -0.126. The molecule has 0 aliphatic rings. The van der Waals surface area contributed by atoms with Crippen LogP contribution in [0.15, 0.2) is 48.5 Å². The van der Waals surface area contributed by atoms with Gasteiger partial charge in [-0.2, -0.15) is 0 Å². The van der Waals surface area contributed by atoms with Crippen molar-refractivity contribution in [3.8, 4) is 5.75 Å². The Morgan fingerprint density at radius 3 is 2.59 bits per heavy atom. The van der Waals surface area contributed by atoms with Crippen LogP contribution in [0.5, 0.6) is 5.75 Å². The van der Waals surface area contributed by atoms with Crippen molar-refractivity contribution in [3.05, 3.63) is 65.2 Å². The van der Waals surface area contributed by atoms with E-state index in [2.05, 4.69) is 5.32 Å². The monoisotopic (exact) mass is 299 g/mol. The molecule has 0 fully saturated rings. The molecule has 116 valence electrons. The highest BCUT2D eigenvalue weighted by Crippen LogP contribution is 2.13. The van der Waals surface area contributed by atoms with Crippen LogP contribution < -0.4 is 10.1 Å². The number of amides is 1. The molecular weight excluding hydrogens is 278 g/mol. The second-order valence-electron chi connectivity index (χ2n) is 5.11. The van der Waals surface area contributed by atoms with Crippen molar-refractivity contribution in [2.45, 2.75) is 20.1 Å². The summed E-state index contributed by atoms with van der Waals surface area (Å²) in [6, 6.07) is 15.7. The van der Waals surface area contributed by atoms with Gasteiger partial charge in [0.2, 0.25) is 5.91 Å². The average Bonchev–Trinajstić information content (AvgIpc) is 2.54. The molecule has 0 radical (unpaired) electrons. The minimum atomic E-state index is -0.122. The molecule has 0 unspecified atom stereocenters. The molecule has 4 nitrogen and oxygen atoms in total. The van der Waals surface area contributed by atoms with Crippen molar-refractivity contribution in [3.63, 3.8) is 0 Å². The van der Waals surface area contributed by atoms with Crippen molar-refractivity contribution >= 4 is 5.91 Å². The summed E-state index contributed by atoms with van der Waals surface area (Å²) in [5.41, 5.74) is 3.26. The van der Waals surface area contributed by atoms with Gasteiger partial charge in [-0.15, -0.1) is 0 Å². The van der Waals surface area contributed by atoms with Gasteiger partial charge in [-0.1, -0.05) is 42.0 Å². The van der Waals surface area contributed by atoms with E-state index in [1.807, 2.05) is 55.5 Å². The maximum Gasteiger partial charge on any atom is 0.246 e. The van der Waals surface area contributed by atoms with Crippen LogP contribution in [0.2, 0.25) is 0 Å². The van der Waals surface area contributed by atoms with Gasteiger partial charge in [-0.3, -0.25) is 4.79 Å². The predicted molar refractivity (Wildman–Crippen MR) is 85.7 cm³/mol. The third kappa shape index (κ3) is 5.22. The zero-order valence-corrected chi connectivity index (χ0v) is 13.0. The van der Waals surface area contributed by atoms with E-state index < -0.39 is 0 Å². The normalized spacial score (nSPS) is 10.3. The number of carbonyl (C=O) groups is 1. The summed E-state index contributed by atoms with van der Waals surface area (Å²) in [5.74, 6) is 0.661. The molecule has 0 atom stereocenters. The highest BCUT2D eigenvalue weighted by atomic mass is 16.5. The first-order valence-electron chi connectivity index (χ1n) is 7.20. The standard InChI is InChI=1S/C18H21NO3/c1-14-6-8-15(9-7-14)11-19-18(20)13-22-12-16-4-3-5-17(10-16)21-2/h3-10H,11-13H2,1-2H3,(H,19,20). The van der Waals surface area contributed by atoms with Crippen LogP contribution >= 0.6 is 0 Å². The maximum atomic E-state index is 11.7. The van der Waals surface area contributed by atoms with Gasteiger partial charge in [0.1, 0.15) is 12.4 Å². The van der Waals surface area contributed by atoms with E-state index in [9.17, 15) is 4.79 Å². The number of rotatable bonds is 7. The summed E-state index contributed by atoms with van der Waals surface area (Å²) >= 11 is 0. The molecular formula is C18H21NO3. The summed E-state index contributed by atoms with van der Waals surface area (Å²) in [6.07, 6.45) is 0. The predicted octanol–water partition coefficient (Wildman–Crippen LogP) is 2.84. The quantitative estimate of drug-likeness (QED) is 0.855. The van der Waals surface area contributed by atoms with E-state index in [0.29, 0.717) is 13.2 Å². The van der Waals surface area contributed by atoms with E-state index in [1.54, 1.807) is 7.11 Å². The van der Waals surface area contributed by atoms with Gasteiger partial charge in [0.05, 0.1) is 13.7 Å². The molecule has 0 saturated carbocycles. The van der Waals surface area contributed by atoms with Crippen molar-refractivity contribution < 1.29 is 14.3 Å². The van der Waals surface area contributed by atoms with Crippen molar-refractivity contribution in [1.82, 2.24) is 5.32 Å². The largest absolute Gasteiger partial charge is 0.497 e. The molecule has 1 N–H and O–H groups in total. The number of hydrogen-bond acceptors (Lipinski definition) is 3. The van der Waals surface area contributed by atoms with Gasteiger partial charge in [0.25, 0.3) is 0 Å². The number of nitrogens with one attached hydrogen (secondary N) is 1. The Bertz CT molecular complexity index is 608. The van der Waals surface area contributed by atoms with Crippen LogP contribution in [0.1, 0.15) is 16.7 Å². The number of hydrogen-bond donors (Lipinski definition) is 1. The molecule has 0 bridgehead atoms. The Balaban J connectivity index is 1.70. The second kappa shape index (κ2) is 8.20. The smallest absolute Gasteiger partial charge is 0.246 e. The van der Waals surface area contributed by atoms with Crippen LogP contribution in [0.25, 0.3) is 0 Å². The first kappa shape index (κ1) is 16.0. The zero-order valence-electron chi connectivity index (χ0n) is 13.0. The first-order chi connectivity index (χ1) is 10.7. The molecule has 0 aromatic heterocycles. The molecule has 0 saturated heterocycles. The lowest BCUT2D eigenvalue weighted by Gasteiger charge is -2.08. The van der Waals surface area contributed by atoms with Crippen molar-refractivity contribution in [2.75, 3.05) is 13.7 Å². The van der Waals surface area contributed by atoms with E-state index in [0.717, 1.165) is 16.9 Å². The van der Waals surface area contributed by atoms with Crippen LogP contribution in [-0.2, 0) is 22.7 Å². The lowest BCUT2D eigenvalue weighted by Crippen LogP contribution is -2.27. The Morgan fingerprint density at radius 1 is 1.09 bits per heavy atom. The second-order valence-corrected chi connectivity index (χ2v) is 5.11. The van der Waals surface area contributed by atoms with Gasteiger partial charge in [-0.25, -0.2) is 0 Å². The molecule has 4 heteroatoms. The zero-order chi connectivity index (χ0) is 15.8. The topological polar surface area (TPSA) is 47.6 Å². The fourth-order valence-corrected chi connectivity index (χ4v) is 1.98. The van der Waals surface area contributed by atoms with Gasteiger partial charge < -0.3 is 14.8 Å². The minimum absolute atomic E-state index is 0.0447. The molecule has 0 aliphatic heterocycles. The fraction of sp³-hybridized carbons (Fsp3) is 0.278. The molecule has 0 spiro atoms. The summed E-state index contributed by atoms with van der Waals surface area (Å²) in [4.78, 5) is 11.7. The molecule has 2 rings (SSSR count). The number of aryl methyl sites for hydroxylation is 1. The van der Waals surface area contributed by atoms with Crippen LogP contribution in [0.3, 0.4) is 0 Å². The van der Waals surface area contributed by atoms with Crippen molar-refractivity contribution in [2.24, 2.45) is 0 Å². The van der Waals surface area contributed by atoms with E-state index in [-0.39, 0.29) is 12.5 Å². The average molecular weight is 299 g/mol. The molecule has 1 amide bonds. The van der Waals surface area contributed by atoms with Gasteiger partial charge in [0, 0.05) is 6.54 Å². The Morgan fingerprint density at radius 2 is 1.86 bits per heavy atom. The van der Waals surface area contributed by atoms with Crippen LogP contribution in [0, 0.1) is 6.92 Å². The van der Waals surface area contributed by atoms with Gasteiger partial charge in [0.15, 0.2) is 0 Å². The van der Waals surface area contributed by atoms with Crippen LogP contribution in [0.4, 0.5) is 0 Å². The van der Waals surface area contributed by atoms with E-state index in [1.165, 1.54) is 5.56 Å². The van der Waals surface area contributed by atoms with Gasteiger partial charge >= 0.3 is 0 Å². The SMILES string of the molecule is COc1cccc(COCC(=O)NCc2ccc(C)cc2)c1. The molecule has 22 heavy (non-hydrogen) atoms. The number of benzene rings is 2. The summed E-state index contributed by atoms with van der Waals surface area (Å²) in [7, 11) is 1.62. The van der Waals surface area contributed by atoms with Crippen LogP contribution in [-0.4, -0.2) is 19.6 Å². The van der Waals surface area contributed by atoms with E-state index in [4.69, 9.17) is 9.47 Å². The van der Waals surface area contributed by atoms with Crippen molar-refractivity contribution in [1.29, 1.82) is 0 Å². The Labute approximate surface area is 131 Å². The highest BCUT2D eigenvalue weighted by molar-refractivity contribution is 5.77. The maximum absolute atomic E-state index is 11.7. The molecule has 2 aromatic carbocycles. The first-order valence-corrected chi connectivity index (χ1v) is 7.20. The number of carbonyl (C=O) groups excluding carboxylic acids is 1. The molecule has 0 aliphatic carbocycles. The third-order valence-corrected chi connectivity index (χ3v) is 3.25. The third-order valence-electron chi connectivity index (χ3n) is 3.25. The fourth-order valence-electron chi connectivity index (χ4n) is 1.98. The molecule has 0 heterocycles. The lowest BCUT2D eigenvalue weighted by atomic mass is 10.1. The number of methoxy groups -OCH3 is 1. The van der Waals surface area contributed by atoms with Gasteiger partial charge in [-0.05, 0) is 30.2 Å². The molecule has 2 aromatic rings.